The Morgan fingerprint density at radius 1 is 1.07 bits per heavy atom. The van der Waals surface area contributed by atoms with Crippen LogP contribution in [0.1, 0.15) is 21.0 Å². The van der Waals surface area contributed by atoms with E-state index in [1.165, 1.54) is 6.07 Å². The van der Waals surface area contributed by atoms with Gasteiger partial charge in [0.1, 0.15) is 21.8 Å². The van der Waals surface area contributed by atoms with E-state index in [0.29, 0.717) is 16.5 Å². The third kappa shape index (κ3) is 2.88. The Kier molecular flexibility index (Phi) is 4.04. The largest absolute Gasteiger partial charge is 0.504 e. The highest BCUT2D eigenvalue weighted by molar-refractivity contribution is 7.15. The van der Waals surface area contributed by atoms with E-state index in [1.807, 2.05) is 0 Å². The number of hydrogen-bond acceptors (Lipinski definition) is 7. The SMILES string of the molecule is O=C(Nc1scc(-c2cc3cccc(O)c3o2)c1C(=O)O)c1nc2ccccc2o1. The number of carboxylic acid groups (broad SMARTS) is 1. The van der Waals surface area contributed by atoms with Crippen molar-refractivity contribution in [2.45, 2.75) is 0 Å². The molecule has 0 aliphatic rings. The molecular weight excluding hydrogens is 408 g/mol. The number of nitrogens with one attached hydrogen (secondary N) is 1. The van der Waals surface area contributed by atoms with Gasteiger partial charge in [0, 0.05) is 16.3 Å². The van der Waals surface area contributed by atoms with E-state index >= 15 is 0 Å². The second-order valence-corrected chi connectivity index (χ2v) is 7.29. The smallest absolute Gasteiger partial charge is 0.339 e. The molecule has 0 unspecified atom stereocenters. The summed E-state index contributed by atoms with van der Waals surface area (Å²) in [7, 11) is 0. The average Bonchev–Trinajstić information content (AvgIpc) is 3.44. The van der Waals surface area contributed by atoms with E-state index in [2.05, 4.69) is 10.3 Å². The second kappa shape index (κ2) is 6.75. The molecule has 0 saturated carbocycles. The Hall–Kier alpha value is -4.11. The Bertz CT molecular complexity index is 1410. The molecule has 5 rings (SSSR count). The number of aromatic carboxylic acids is 1. The van der Waals surface area contributed by atoms with E-state index in [1.54, 1.807) is 47.8 Å². The summed E-state index contributed by atoms with van der Waals surface area (Å²) in [6.07, 6.45) is 0. The molecule has 8 nitrogen and oxygen atoms in total. The molecule has 3 heterocycles. The maximum absolute atomic E-state index is 12.6. The lowest BCUT2D eigenvalue weighted by molar-refractivity contribution is 0.0699. The molecule has 0 aliphatic carbocycles. The summed E-state index contributed by atoms with van der Waals surface area (Å²) in [5.74, 6) is -1.85. The number of furan rings is 1. The van der Waals surface area contributed by atoms with Gasteiger partial charge in [0.15, 0.2) is 16.9 Å². The maximum atomic E-state index is 12.6. The number of nitrogens with zero attached hydrogens (tertiary/aromatic N) is 1. The number of aromatic nitrogens is 1. The predicted octanol–water partition coefficient (Wildman–Crippen LogP) is 4.96. The second-order valence-electron chi connectivity index (χ2n) is 6.41. The van der Waals surface area contributed by atoms with Gasteiger partial charge in [0.25, 0.3) is 5.89 Å². The minimum Gasteiger partial charge on any atom is -0.504 e. The number of carboxylic acids is 1. The third-order valence-corrected chi connectivity index (χ3v) is 5.40. The highest BCUT2D eigenvalue weighted by atomic mass is 32.1. The van der Waals surface area contributed by atoms with Crippen LogP contribution in [0, 0.1) is 0 Å². The number of para-hydroxylation sites is 3. The first-order valence-electron chi connectivity index (χ1n) is 8.75. The Labute approximate surface area is 172 Å². The van der Waals surface area contributed by atoms with Gasteiger partial charge in [0.05, 0.1) is 0 Å². The first-order chi connectivity index (χ1) is 14.5. The third-order valence-electron chi connectivity index (χ3n) is 4.51. The number of rotatable bonds is 4. The Balaban J connectivity index is 1.53. The number of anilines is 1. The van der Waals surface area contributed by atoms with Gasteiger partial charge >= 0.3 is 11.9 Å². The number of oxazole rings is 1. The van der Waals surface area contributed by atoms with Crippen molar-refractivity contribution >= 4 is 50.3 Å². The molecule has 0 spiro atoms. The van der Waals surface area contributed by atoms with Gasteiger partial charge in [0.2, 0.25) is 0 Å². The van der Waals surface area contributed by atoms with Crippen LogP contribution in [0.4, 0.5) is 5.00 Å². The van der Waals surface area contributed by atoms with E-state index in [4.69, 9.17) is 8.83 Å². The van der Waals surface area contributed by atoms with Crippen molar-refractivity contribution in [3.63, 3.8) is 0 Å². The number of thiophene rings is 1. The summed E-state index contributed by atoms with van der Waals surface area (Å²) in [5.41, 5.74) is 1.40. The number of phenols is 1. The van der Waals surface area contributed by atoms with Crippen LogP contribution in [0.15, 0.2) is 62.7 Å². The van der Waals surface area contributed by atoms with Crippen molar-refractivity contribution in [1.29, 1.82) is 0 Å². The van der Waals surface area contributed by atoms with Crippen LogP contribution < -0.4 is 5.32 Å². The Morgan fingerprint density at radius 3 is 2.67 bits per heavy atom. The number of carbonyl (C=O) groups is 2. The zero-order valence-corrected chi connectivity index (χ0v) is 15.9. The van der Waals surface area contributed by atoms with Crippen LogP contribution in [-0.4, -0.2) is 27.1 Å². The lowest BCUT2D eigenvalue weighted by Gasteiger charge is -2.02. The first-order valence-corrected chi connectivity index (χ1v) is 9.63. The zero-order valence-electron chi connectivity index (χ0n) is 15.1. The minimum absolute atomic E-state index is 0.0460. The number of amides is 1. The number of phenolic OH excluding ortho intramolecular Hbond substituents is 1. The molecule has 30 heavy (non-hydrogen) atoms. The average molecular weight is 420 g/mol. The van der Waals surface area contributed by atoms with Gasteiger partial charge in [-0.3, -0.25) is 4.79 Å². The lowest BCUT2D eigenvalue weighted by Crippen LogP contribution is -2.13. The molecule has 3 aromatic heterocycles. The van der Waals surface area contributed by atoms with Crippen molar-refractivity contribution in [2.24, 2.45) is 0 Å². The fraction of sp³-hybridized carbons (Fsp3) is 0. The van der Waals surface area contributed by atoms with Crippen molar-refractivity contribution < 1.29 is 28.6 Å². The lowest BCUT2D eigenvalue weighted by atomic mass is 10.1. The van der Waals surface area contributed by atoms with Crippen LogP contribution in [-0.2, 0) is 0 Å². The number of fused-ring (bicyclic) bond motifs is 2. The van der Waals surface area contributed by atoms with Crippen LogP contribution in [0.25, 0.3) is 33.4 Å². The normalized spacial score (nSPS) is 11.2. The maximum Gasteiger partial charge on any atom is 0.339 e. The van der Waals surface area contributed by atoms with Gasteiger partial charge in [-0.25, -0.2) is 9.78 Å². The molecule has 9 heteroatoms. The van der Waals surface area contributed by atoms with Gasteiger partial charge in [-0.05, 0) is 24.3 Å². The molecule has 3 N–H and O–H groups in total. The van der Waals surface area contributed by atoms with E-state index < -0.39 is 11.9 Å². The zero-order chi connectivity index (χ0) is 20.8. The summed E-state index contributed by atoms with van der Waals surface area (Å²) < 4.78 is 11.1. The standard InChI is InChI=1S/C21H12N2O6S/c24-13-6-3-4-10-8-15(28-17(10)13)11-9-30-20(16(11)21(26)27)23-18(25)19-22-12-5-1-2-7-14(12)29-19/h1-9,24H,(H,23,25)(H,26,27). The molecule has 0 atom stereocenters. The summed E-state index contributed by atoms with van der Waals surface area (Å²) >= 11 is 1.04. The highest BCUT2D eigenvalue weighted by Crippen LogP contribution is 2.39. The molecule has 5 aromatic rings. The fourth-order valence-corrected chi connectivity index (χ4v) is 4.09. The molecule has 148 valence electrons. The van der Waals surface area contributed by atoms with E-state index in [-0.39, 0.29) is 39.1 Å². The molecular formula is C21H12N2O6S. The number of aromatic hydroxyl groups is 1. The molecule has 0 fully saturated rings. The molecule has 1 amide bonds. The van der Waals surface area contributed by atoms with Crippen molar-refractivity contribution in [2.75, 3.05) is 5.32 Å². The fourth-order valence-electron chi connectivity index (χ4n) is 3.15. The van der Waals surface area contributed by atoms with Gasteiger partial charge in [-0.2, -0.15) is 0 Å². The van der Waals surface area contributed by atoms with Crippen LogP contribution in [0.5, 0.6) is 5.75 Å². The topological polar surface area (TPSA) is 126 Å². The number of benzene rings is 2. The highest BCUT2D eigenvalue weighted by Gasteiger charge is 2.25. The Morgan fingerprint density at radius 2 is 1.90 bits per heavy atom. The number of hydrogen-bond donors (Lipinski definition) is 3. The van der Waals surface area contributed by atoms with Crippen LogP contribution in [0.3, 0.4) is 0 Å². The summed E-state index contributed by atoms with van der Waals surface area (Å²) in [5, 5.41) is 24.6. The molecule has 2 aromatic carbocycles. The van der Waals surface area contributed by atoms with Crippen molar-refractivity contribution in [1.82, 2.24) is 4.98 Å². The quantitative estimate of drug-likeness (QED) is 0.375. The van der Waals surface area contributed by atoms with Crippen LogP contribution in [0.2, 0.25) is 0 Å². The number of carbonyl (C=O) groups excluding carboxylic acids is 1. The summed E-state index contributed by atoms with van der Waals surface area (Å²) in [6.45, 7) is 0. The van der Waals surface area contributed by atoms with Gasteiger partial charge in [-0.15, -0.1) is 11.3 Å². The minimum atomic E-state index is -1.23. The molecule has 0 aliphatic heterocycles. The van der Waals surface area contributed by atoms with Crippen LogP contribution >= 0.6 is 11.3 Å². The summed E-state index contributed by atoms with van der Waals surface area (Å²) in [4.78, 5) is 28.6. The van der Waals surface area contributed by atoms with E-state index in [9.17, 15) is 19.8 Å². The monoisotopic (exact) mass is 420 g/mol. The molecule has 0 bridgehead atoms. The molecule has 0 saturated heterocycles. The van der Waals surface area contributed by atoms with Crippen molar-refractivity contribution in [3.05, 3.63) is 65.4 Å². The molecule has 0 radical (unpaired) electrons. The predicted molar refractivity (Wildman–Crippen MR) is 110 cm³/mol. The van der Waals surface area contributed by atoms with Gasteiger partial charge in [-0.1, -0.05) is 24.3 Å². The first kappa shape index (κ1) is 18.0. The summed E-state index contributed by atoms with van der Waals surface area (Å²) in [6, 6.07) is 13.4. The van der Waals surface area contributed by atoms with E-state index in [0.717, 1.165) is 11.3 Å². The van der Waals surface area contributed by atoms with Crippen molar-refractivity contribution in [3.8, 4) is 17.1 Å². The van der Waals surface area contributed by atoms with Gasteiger partial charge < -0.3 is 24.4 Å².